The van der Waals surface area contributed by atoms with Crippen molar-refractivity contribution in [3.05, 3.63) is 29.3 Å². The highest BCUT2D eigenvalue weighted by Gasteiger charge is 2.36. The van der Waals surface area contributed by atoms with Crippen LogP contribution in [0, 0.1) is 0 Å². The molecule has 0 saturated carbocycles. The van der Waals surface area contributed by atoms with Gasteiger partial charge in [-0.25, -0.2) is 5.01 Å². The van der Waals surface area contributed by atoms with E-state index in [2.05, 4.69) is 11.9 Å². The second-order valence-corrected chi connectivity index (χ2v) is 6.44. The molecule has 6 nitrogen and oxygen atoms in total. The van der Waals surface area contributed by atoms with Gasteiger partial charge < -0.3 is 14.2 Å². The van der Waals surface area contributed by atoms with Crippen molar-refractivity contribution >= 4 is 12.0 Å². The second kappa shape index (κ2) is 6.11. The number of hydrogen-bond acceptors (Lipinski definition) is 5. The van der Waals surface area contributed by atoms with Crippen LogP contribution in [0.4, 0.5) is 0 Å². The summed E-state index contributed by atoms with van der Waals surface area (Å²) in [6.45, 7) is 3.82. The molecule has 0 N–H and O–H groups in total. The van der Waals surface area contributed by atoms with Crippen LogP contribution in [0.3, 0.4) is 0 Å². The van der Waals surface area contributed by atoms with Gasteiger partial charge in [-0.05, 0) is 49.1 Å². The molecule has 4 rings (SSSR count). The monoisotopic (exact) mass is 330 g/mol. The fourth-order valence-electron chi connectivity index (χ4n) is 3.85. The molecule has 1 saturated heterocycles. The molecule has 1 fully saturated rings. The van der Waals surface area contributed by atoms with Crippen molar-refractivity contribution in [3.63, 3.8) is 0 Å². The Labute approximate surface area is 141 Å². The minimum absolute atomic E-state index is 0.00343. The maximum atomic E-state index is 12.8. The van der Waals surface area contributed by atoms with Gasteiger partial charge in [-0.15, -0.1) is 0 Å². The summed E-state index contributed by atoms with van der Waals surface area (Å²) >= 11 is 0. The van der Waals surface area contributed by atoms with E-state index >= 15 is 0 Å². The van der Waals surface area contributed by atoms with Crippen LogP contribution < -0.4 is 9.47 Å². The Morgan fingerprint density at radius 3 is 2.83 bits per heavy atom. The molecule has 128 valence electrons. The van der Waals surface area contributed by atoms with Gasteiger partial charge in [0, 0.05) is 19.7 Å². The number of amides is 1. The molecular formula is C18H22N2O4. The van der Waals surface area contributed by atoms with Crippen molar-refractivity contribution < 1.29 is 19.0 Å². The fourth-order valence-corrected chi connectivity index (χ4v) is 3.85. The van der Waals surface area contributed by atoms with E-state index in [9.17, 15) is 4.79 Å². The molecule has 0 unspecified atom stereocenters. The number of carbonyl (C=O) groups is 1. The largest absolute Gasteiger partial charge is 0.454 e. The SMILES string of the molecule is COC[C@@H]1CCCN1N1C(=O)C=Cc2cc3c(cc2[C@H]1C)OCO3. The van der Waals surface area contributed by atoms with E-state index in [0.717, 1.165) is 42.0 Å². The normalized spacial score (nSPS) is 25.9. The van der Waals surface area contributed by atoms with Crippen molar-refractivity contribution in [2.45, 2.75) is 31.8 Å². The second-order valence-electron chi connectivity index (χ2n) is 6.44. The zero-order valence-electron chi connectivity index (χ0n) is 14.0. The standard InChI is InChI=1S/C18H22N2O4/c1-12-15-9-17-16(23-11-24-17)8-13(15)5-6-18(21)20(12)19-7-3-4-14(19)10-22-2/h5-6,8-9,12,14H,3-4,7,10-11H2,1-2H3/t12-,14+/m1/s1. The first-order valence-corrected chi connectivity index (χ1v) is 8.39. The number of ether oxygens (including phenoxy) is 3. The summed E-state index contributed by atoms with van der Waals surface area (Å²) in [5, 5.41) is 4.04. The van der Waals surface area contributed by atoms with Gasteiger partial charge in [0.05, 0.1) is 18.7 Å². The summed E-state index contributed by atoms with van der Waals surface area (Å²) in [5.74, 6) is 1.49. The summed E-state index contributed by atoms with van der Waals surface area (Å²) in [4.78, 5) is 12.8. The first-order chi connectivity index (χ1) is 11.7. The van der Waals surface area contributed by atoms with Crippen molar-refractivity contribution in [2.24, 2.45) is 0 Å². The number of hydrazine groups is 1. The number of hydrogen-bond donors (Lipinski definition) is 0. The fraction of sp³-hybridized carbons (Fsp3) is 0.500. The molecule has 6 heteroatoms. The number of rotatable bonds is 3. The van der Waals surface area contributed by atoms with Crippen molar-refractivity contribution in [1.82, 2.24) is 10.0 Å². The smallest absolute Gasteiger partial charge is 0.261 e. The quantitative estimate of drug-likeness (QED) is 0.851. The number of fused-ring (bicyclic) bond motifs is 2. The van der Waals surface area contributed by atoms with E-state index in [1.54, 1.807) is 13.2 Å². The zero-order chi connectivity index (χ0) is 16.7. The summed E-state index contributed by atoms with van der Waals surface area (Å²) in [6, 6.07) is 4.12. The van der Waals surface area contributed by atoms with E-state index in [1.165, 1.54) is 0 Å². The summed E-state index contributed by atoms with van der Waals surface area (Å²) in [6.07, 6.45) is 5.63. The van der Waals surface area contributed by atoms with Crippen LogP contribution in [0.5, 0.6) is 11.5 Å². The molecule has 3 aliphatic heterocycles. The lowest BCUT2D eigenvalue weighted by molar-refractivity contribution is -0.153. The molecule has 24 heavy (non-hydrogen) atoms. The van der Waals surface area contributed by atoms with Gasteiger partial charge in [0.1, 0.15) is 0 Å². The minimum Gasteiger partial charge on any atom is -0.454 e. The molecule has 0 radical (unpaired) electrons. The Bertz CT molecular complexity index is 688. The molecule has 0 aromatic heterocycles. The molecule has 0 aliphatic carbocycles. The first-order valence-electron chi connectivity index (χ1n) is 8.39. The zero-order valence-corrected chi connectivity index (χ0v) is 14.0. The molecule has 3 heterocycles. The Morgan fingerprint density at radius 2 is 2.04 bits per heavy atom. The van der Waals surface area contributed by atoms with Gasteiger partial charge >= 0.3 is 0 Å². The van der Waals surface area contributed by atoms with E-state index < -0.39 is 0 Å². The van der Waals surface area contributed by atoms with Crippen LogP contribution in [0.1, 0.15) is 36.9 Å². The molecule has 1 amide bonds. The third kappa shape index (κ3) is 2.46. The van der Waals surface area contributed by atoms with Gasteiger partial charge in [0.15, 0.2) is 11.5 Å². The highest BCUT2D eigenvalue weighted by Crippen LogP contribution is 2.40. The predicted octanol–water partition coefficient (Wildman–Crippen LogP) is 2.36. The van der Waals surface area contributed by atoms with E-state index in [0.29, 0.717) is 6.61 Å². The average molecular weight is 330 g/mol. The Balaban J connectivity index is 1.71. The molecule has 1 aromatic rings. The maximum Gasteiger partial charge on any atom is 0.261 e. The third-order valence-corrected chi connectivity index (χ3v) is 5.01. The van der Waals surface area contributed by atoms with Crippen LogP contribution in [0.25, 0.3) is 6.08 Å². The lowest BCUT2D eigenvalue weighted by Gasteiger charge is -2.39. The third-order valence-electron chi connectivity index (χ3n) is 5.01. The molecular weight excluding hydrogens is 308 g/mol. The van der Waals surface area contributed by atoms with Gasteiger partial charge in [-0.2, -0.15) is 0 Å². The molecule has 0 bridgehead atoms. The van der Waals surface area contributed by atoms with Crippen molar-refractivity contribution in [2.75, 3.05) is 27.1 Å². The Morgan fingerprint density at radius 1 is 1.25 bits per heavy atom. The highest BCUT2D eigenvalue weighted by atomic mass is 16.7. The van der Waals surface area contributed by atoms with E-state index in [4.69, 9.17) is 14.2 Å². The van der Waals surface area contributed by atoms with E-state index in [1.807, 2.05) is 23.2 Å². The highest BCUT2D eigenvalue weighted by molar-refractivity contribution is 5.93. The topological polar surface area (TPSA) is 51.2 Å². The summed E-state index contributed by atoms with van der Waals surface area (Å²) < 4.78 is 16.3. The molecule has 0 spiro atoms. The lowest BCUT2D eigenvalue weighted by atomic mass is 10.0. The lowest BCUT2D eigenvalue weighted by Crippen LogP contribution is -2.50. The molecule has 3 aliphatic rings. The van der Waals surface area contributed by atoms with Crippen molar-refractivity contribution in [1.29, 1.82) is 0 Å². The predicted molar refractivity (Wildman–Crippen MR) is 88.5 cm³/mol. The van der Waals surface area contributed by atoms with Crippen molar-refractivity contribution in [3.8, 4) is 11.5 Å². The first kappa shape index (κ1) is 15.5. The van der Waals surface area contributed by atoms with Gasteiger partial charge in [0.2, 0.25) is 6.79 Å². The number of methoxy groups -OCH3 is 1. The number of benzene rings is 1. The van der Waals surface area contributed by atoms with E-state index in [-0.39, 0.29) is 24.8 Å². The van der Waals surface area contributed by atoms with Crippen LogP contribution in [0.2, 0.25) is 0 Å². The van der Waals surface area contributed by atoms with Crippen LogP contribution >= 0.6 is 0 Å². The molecule has 1 aromatic carbocycles. The average Bonchev–Trinajstić information content (AvgIpc) is 3.19. The van der Waals surface area contributed by atoms with Crippen LogP contribution in [0.15, 0.2) is 18.2 Å². The van der Waals surface area contributed by atoms with Crippen LogP contribution in [-0.2, 0) is 9.53 Å². The Hall–Kier alpha value is -2.05. The number of carbonyl (C=O) groups excluding carboxylic acids is 1. The van der Waals surface area contributed by atoms with Crippen LogP contribution in [-0.4, -0.2) is 49.0 Å². The number of nitrogens with zero attached hydrogens (tertiary/aromatic N) is 2. The Kier molecular flexibility index (Phi) is 3.94. The maximum absolute atomic E-state index is 12.8. The summed E-state index contributed by atoms with van der Waals surface area (Å²) in [7, 11) is 1.71. The van der Waals surface area contributed by atoms with Gasteiger partial charge in [-0.3, -0.25) is 9.80 Å². The van der Waals surface area contributed by atoms with Gasteiger partial charge in [0.25, 0.3) is 5.91 Å². The van der Waals surface area contributed by atoms with Gasteiger partial charge in [-0.1, -0.05) is 0 Å². The minimum atomic E-state index is -0.0746. The summed E-state index contributed by atoms with van der Waals surface area (Å²) in [5.41, 5.74) is 2.08. The molecule has 2 atom stereocenters.